The maximum Gasteiger partial charge on any atom is 0.208 e. The molecule has 0 N–H and O–H groups in total. The molecule has 0 rings (SSSR count). The van der Waals surface area contributed by atoms with E-state index in [0.717, 1.165) is 12.1 Å². The predicted molar refractivity (Wildman–Crippen MR) is 48.8 cm³/mol. The minimum atomic E-state index is -1.68. The largest absolute Gasteiger partial charge is 0.419 e. The fourth-order valence-electron chi connectivity index (χ4n) is 1.45. The topological polar surface area (TPSA) is 33.0 Å². The summed E-state index contributed by atoms with van der Waals surface area (Å²) in [6.07, 6.45) is 0. The van der Waals surface area contributed by atoms with Crippen LogP contribution in [-0.4, -0.2) is 15.4 Å². The van der Waals surface area contributed by atoms with Gasteiger partial charge in [-0.25, -0.2) is 0 Å². The zero-order valence-corrected chi connectivity index (χ0v) is 8.85. The van der Waals surface area contributed by atoms with Gasteiger partial charge in [0.25, 0.3) is 0 Å². The molecule has 0 amide bonds. The molecule has 2 nitrogen and oxygen atoms in total. The van der Waals surface area contributed by atoms with Gasteiger partial charge in [-0.2, -0.15) is 5.26 Å². The minimum Gasteiger partial charge on any atom is -0.419 e. The molecule has 0 saturated carbocycles. The van der Waals surface area contributed by atoms with Crippen LogP contribution in [0.25, 0.3) is 0 Å². The number of nitriles is 1. The molecule has 0 radical (unpaired) electrons. The van der Waals surface area contributed by atoms with Gasteiger partial charge in [0.2, 0.25) is 8.32 Å². The van der Waals surface area contributed by atoms with Crippen LogP contribution in [0.2, 0.25) is 17.6 Å². The van der Waals surface area contributed by atoms with Gasteiger partial charge in [-0.3, -0.25) is 0 Å². The first-order valence-electron chi connectivity index (χ1n) is 4.11. The summed E-state index contributed by atoms with van der Waals surface area (Å²) in [4.78, 5) is 0. The lowest BCUT2D eigenvalue weighted by Gasteiger charge is -2.29. The van der Waals surface area contributed by atoms with Crippen LogP contribution in [0.5, 0.6) is 0 Å². The van der Waals surface area contributed by atoms with Crippen molar-refractivity contribution in [1.82, 2.24) is 0 Å². The Kier molecular flexibility index (Phi) is 4.39. The minimum absolute atomic E-state index is 0.113. The van der Waals surface area contributed by atoms with E-state index in [2.05, 4.69) is 19.9 Å². The molecule has 64 valence electrons. The molecule has 1 unspecified atom stereocenters. The zero-order chi connectivity index (χ0) is 8.91. The molecule has 0 heterocycles. The van der Waals surface area contributed by atoms with Crippen LogP contribution in [0.3, 0.4) is 0 Å². The molecule has 0 spiro atoms. The molecule has 0 aliphatic carbocycles. The lowest BCUT2D eigenvalue weighted by molar-refractivity contribution is 0.387. The van der Waals surface area contributed by atoms with Gasteiger partial charge in [-0.15, -0.1) is 0 Å². The smallest absolute Gasteiger partial charge is 0.208 e. The molecule has 11 heavy (non-hydrogen) atoms. The predicted octanol–water partition coefficient (Wildman–Crippen LogP) is 2.53. The molecular weight excluding hydrogens is 154 g/mol. The molecule has 0 aromatic heterocycles. The molecule has 0 saturated heterocycles. The first-order valence-corrected chi connectivity index (χ1v) is 6.51. The lowest BCUT2D eigenvalue weighted by atomic mass is 10.5. The Labute approximate surface area is 70.3 Å². The molecule has 1 atom stereocenters. The molecule has 0 aliphatic heterocycles. The van der Waals surface area contributed by atoms with E-state index in [1.165, 1.54) is 0 Å². The van der Waals surface area contributed by atoms with Gasteiger partial charge in [-0.1, -0.05) is 13.8 Å². The zero-order valence-electron chi connectivity index (χ0n) is 7.85. The van der Waals surface area contributed by atoms with Gasteiger partial charge in [-0.05, 0) is 19.0 Å². The molecule has 0 bridgehead atoms. The van der Waals surface area contributed by atoms with Crippen molar-refractivity contribution in [3.63, 3.8) is 0 Å². The second-order valence-electron chi connectivity index (χ2n) is 2.83. The van der Waals surface area contributed by atoms with Crippen LogP contribution >= 0.6 is 0 Å². The summed E-state index contributed by atoms with van der Waals surface area (Å²) in [5.74, 6) is 0. The summed E-state index contributed by atoms with van der Waals surface area (Å²) in [6.45, 7) is 6.21. The highest BCUT2D eigenvalue weighted by Crippen LogP contribution is 2.28. The maximum absolute atomic E-state index is 8.77. The summed E-state index contributed by atoms with van der Waals surface area (Å²) in [5, 5.41) is 8.77. The molecule has 3 heteroatoms. The van der Waals surface area contributed by atoms with Gasteiger partial charge in [0.1, 0.15) is 0 Å². The van der Waals surface area contributed by atoms with E-state index >= 15 is 0 Å². The van der Waals surface area contributed by atoms with E-state index < -0.39 is 8.32 Å². The Bertz CT molecular complexity index is 140. The van der Waals surface area contributed by atoms with Crippen LogP contribution in [0, 0.1) is 11.3 Å². The lowest BCUT2D eigenvalue weighted by Crippen LogP contribution is -2.39. The van der Waals surface area contributed by atoms with Crippen LogP contribution in [-0.2, 0) is 4.43 Å². The van der Waals surface area contributed by atoms with E-state index in [0.29, 0.717) is 0 Å². The SMILES string of the molecule is CC[Si](CC)(OC)C(C)C#N. The third-order valence-electron chi connectivity index (χ3n) is 2.59. The van der Waals surface area contributed by atoms with E-state index in [4.69, 9.17) is 9.69 Å². The average Bonchev–Trinajstić information content (AvgIpc) is 2.08. The van der Waals surface area contributed by atoms with Crippen LogP contribution < -0.4 is 0 Å². The summed E-state index contributed by atoms with van der Waals surface area (Å²) in [7, 11) is 0.0612. The second kappa shape index (κ2) is 4.53. The van der Waals surface area contributed by atoms with Crippen molar-refractivity contribution in [3.8, 4) is 6.07 Å². The molecule has 0 fully saturated rings. The van der Waals surface area contributed by atoms with Crippen LogP contribution in [0.4, 0.5) is 0 Å². The van der Waals surface area contributed by atoms with Crippen molar-refractivity contribution < 1.29 is 4.43 Å². The molecular formula is C8H17NOSi. The van der Waals surface area contributed by atoms with Gasteiger partial charge >= 0.3 is 0 Å². The van der Waals surface area contributed by atoms with E-state index in [-0.39, 0.29) is 5.54 Å². The van der Waals surface area contributed by atoms with Crippen LogP contribution in [0.1, 0.15) is 20.8 Å². The van der Waals surface area contributed by atoms with Crippen molar-refractivity contribution in [3.05, 3.63) is 0 Å². The normalized spacial score (nSPS) is 14.1. The number of rotatable bonds is 4. The van der Waals surface area contributed by atoms with Crippen molar-refractivity contribution in [2.75, 3.05) is 7.11 Å². The van der Waals surface area contributed by atoms with Gasteiger partial charge in [0.15, 0.2) is 0 Å². The van der Waals surface area contributed by atoms with Crippen LogP contribution in [0.15, 0.2) is 0 Å². The highest BCUT2D eigenvalue weighted by molar-refractivity contribution is 6.75. The Morgan fingerprint density at radius 3 is 2.00 bits per heavy atom. The van der Waals surface area contributed by atoms with E-state index in [9.17, 15) is 0 Å². The third kappa shape index (κ3) is 2.05. The van der Waals surface area contributed by atoms with Crippen molar-refractivity contribution >= 4 is 8.32 Å². The first-order chi connectivity index (χ1) is 5.16. The molecule has 0 aromatic carbocycles. The standard InChI is InChI=1S/C8H17NOSi/c1-5-11(6-2,10-4)8(3)7-9/h8H,5-6H2,1-4H3. The average molecular weight is 171 g/mol. The Balaban J connectivity index is 4.42. The van der Waals surface area contributed by atoms with E-state index in [1.807, 2.05) is 6.92 Å². The van der Waals surface area contributed by atoms with Crippen molar-refractivity contribution in [1.29, 1.82) is 5.26 Å². The number of nitrogens with zero attached hydrogens (tertiary/aromatic N) is 1. The van der Waals surface area contributed by atoms with E-state index in [1.54, 1.807) is 7.11 Å². The summed E-state index contributed by atoms with van der Waals surface area (Å²) in [5.41, 5.74) is 0.113. The third-order valence-corrected chi connectivity index (χ3v) is 7.50. The summed E-state index contributed by atoms with van der Waals surface area (Å²) < 4.78 is 5.51. The number of hydrogen-bond acceptors (Lipinski definition) is 2. The van der Waals surface area contributed by atoms with Crippen molar-refractivity contribution in [2.45, 2.75) is 38.4 Å². The van der Waals surface area contributed by atoms with Gasteiger partial charge in [0.05, 0.1) is 11.6 Å². The van der Waals surface area contributed by atoms with Gasteiger partial charge < -0.3 is 4.43 Å². The quantitative estimate of drug-likeness (QED) is 0.609. The summed E-state index contributed by atoms with van der Waals surface area (Å²) in [6, 6.07) is 4.37. The second-order valence-corrected chi connectivity index (χ2v) is 7.64. The Morgan fingerprint density at radius 1 is 1.45 bits per heavy atom. The Morgan fingerprint density at radius 2 is 1.91 bits per heavy atom. The number of hydrogen-bond donors (Lipinski definition) is 0. The maximum atomic E-state index is 8.77. The molecule has 0 aliphatic rings. The summed E-state index contributed by atoms with van der Waals surface area (Å²) >= 11 is 0. The van der Waals surface area contributed by atoms with Crippen molar-refractivity contribution in [2.24, 2.45) is 0 Å². The highest BCUT2D eigenvalue weighted by Gasteiger charge is 2.36. The fourth-order valence-corrected chi connectivity index (χ4v) is 4.34. The highest BCUT2D eigenvalue weighted by atomic mass is 28.4. The molecule has 0 aromatic rings. The fraction of sp³-hybridized carbons (Fsp3) is 0.875. The van der Waals surface area contributed by atoms with Gasteiger partial charge in [0, 0.05) is 7.11 Å². The monoisotopic (exact) mass is 171 g/mol. The Hall–Kier alpha value is -0.333. The first kappa shape index (κ1) is 10.7.